The number of nitrogens with one attached hydrogen (secondary N) is 1. The van der Waals surface area contributed by atoms with E-state index >= 15 is 0 Å². The molecule has 0 atom stereocenters. The predicted octanol–water partition coefficient (Wildman–Crippen LogP) is 1.68. The van der Waals surface area contributed by atoms with Crippen LogP contribution in [0.2, 0.25) is 0 Å². The van der Waals surface area contributed by atoms with Crippen molar-refractivity contribution in [1.29, 1.82) is 0 Å². The van der Waals surface area contributed by atoms with Crippen LogP contribution in [0, 0.1) is 0 Å². The molecule has 1 aliphatic rings. The minimum absolute atomic E-state index is 1.09. The number of para-hydroxylation sites is 1. The number of rotatable bonds is 3. The van der Waals surface area contributed by atoms with Crippen LogP contribution in [-0.4, -0.2) is 42.6 Å². The van der Waals surface area contributed by atoms with E-state index in [2.05, 4.69) is 39.5 Å². The molecule has 0 aliphatic carbocycles. The van der Waals surface area contributed by atoms with Crippen LogP contribution in [0.3, 0.4) is 0 Å². The van der Waals surface area contributed by atoms with E-state index in [1.165, 1.54) is 10.9 Å². The van der Waals surface area contributed by atoms with Gasteiger partial charge in [0.05, 0.1) is 5.52 Å². The molecule has 2 heterocycles. The van der Waals surface area contributed by atoms with Crippen molar-refractivity contribution in [3.05, 3.63) is 42.1 Å². The maximum atomic E-state index is 4.51. The van der Waals surface area contributed by atoms with E-state index < -0.39 is 0 Å². The predicted molar refractivity (Wildman–Crippen MR) is 74.8 cm³/mol. The summed E-state index contributed by atoms with van der Waals surface area (Å²) in [4.78, 5) is 7.04. The van der Waals surface area contributed by atoms with Crippen LogP contribution < -0.4 is 5.32 Å². The first-order valence-corrected chi connectivity index (χ1v) is 6.69. The lowest BCUT2D eigenvalue weighted by Gasteiger charge is -2.27. The van der Waals surface area contributed by atoms with Crippen molar-refractivity contribution in [2.45, 2.75) is 6.42 Å². The highest BCUT2D eigenvalue weighted by Gasteiger charge is 2.10. The number of pyridine rings is 1. The topological polar surface area (TPSA) is 28.2 Å². The third-order valence-electron chi connectivity index (χ3n) is 3.62. The number of hydrogen-bond donors (Lipinski definition) is 1. The fourth-order valence-corrected chi connectivity index (χ4v) is 2.58. The second-order valence-corrected chi connectivity index (χ2v) is 4.83. The van der Waals surface area contributed by atoms with E-state index in [-0.39, 0.29) is 0 Å². The number of benzene rings is 1. The first-order valence-electron chi connectivity index (χ1n) is 6.69. The first kappa shape index (κ1) is 11.6. The maximum absolute atomic E-state index is 4.51. The number of piperazine rings is 1. The zero-order chi connectivity index (χ0) is 12.2. The van der Waals surface area contributed by atoms with Crippen molar-refractivity contribution in [2.24, 2.45) is 0 Å². The summed E-state index contributed by atoms with van der Waals surface area (Å²) in [7, 11) is 0. The number of fused-ring (bicyclic) bond motifs is 1. The van der Waals surface area contributed by atoms with Crippen LogP contribution in [0.15, 0.2) is 36.5 Å². The molecule has 94 valence electrons. The quantitative estimate of drug-likeness (QED) is 0.886. The molecule has 0 bridgehead atoms. The molecule has 0 radical (unpaired) electrons. The summed E-state index contributed by atoms with van der Waals surface area (Å²) in [6.45, 7) is 5.70. The van der Waals surface area contributed by atoms with Gasteiger partial charge >= 0.3 is 0 Å². The van der Waals surface area contributed by atoms with E-state index in [4.69, 9.17) is 0 Å². The van der Waals surface area contributed by atoms with Crippen molar-refractivity contribution in [3.8, 4) is 0 Å². The molecule has 1 aromatic carbocycles. The Balaban J connectivity index is 1.74. The van der Waals surface area contributed by atoms with Crippen LogP contribution in [0.1, 0.15) is 5.56 Å². The minimum atomic E-state index is 1.09. The highest BCUT2D eigenvalue weighted by molar-refractivity contribution is 5.81. The summed E-state index contributed by atoms with van der Waals surface area (Å²) >= 11 is 0. The number of aromatic nitrogens is 1. The largest absolute Gasteiger partial charge is 0.314 e. The minimum Gasteiger partial charge on any atom is -0.314 e. The van der Waals surface area contributed by atoms with Gasteiger partial charge in [-0.25, -0.2) is 0 Å². The maximum Gasteiger partial charge on any atom is 0.0734 e. The van der Waals surface area contributed by atoms with Crippen LogP contribution in [0.25, 0.3) is 10.9 Å². The van der Waals surface area contributed by atoms with Gasteiger partial charge in [0.2, 0.25) is 0 Å². The van der Waals surface area contributed by atoms with Crippen molar-refractivity contribution < 1.29 is 0 Å². The fraction of sp³-hybridized carbons (Fsp3) is 0.400. The molecular formula is C15H19N3. The van der Waals surface area contributed by atoms with E-state index in [1.807, 2.05) is 12.3 Å². The summed E-state index contributed by atoms with van der Waals surface area (Å²) in [6.07, 6.45) is 2.98. The fourth-order valence-electron chi connectivity index (χ4n) is 2.58. The number of nitrogens with zero attached hydrogens (tertiary/aromatic N) is 2. The summed E-state index contributed by atoms with van der Waals surface area (Å²) in [5.41, 5.74) is 2.53. The highest BCUT2D eigenvalue weighted by atomic mass is 15.2. The lowest BCUT2D eigenvalue weighted by atomic mass is 10.1. The number of hydrogen-bond acceptors (Lipinski definition) is 3. The average molecular weight is 241 g/mol. The lowest BCUT2D eigenvalue weighted by Crippen LogP contribution is -2.44. The summed E-state index contributed by atoms with van der Waals surface area (Å²) in [5.74, 6) is 0. The Bertz CT molecular complexity index is 513. The molecular weight excluding hydrogens is 222 g/mol. The molecule has 1 N–H and O–H groups in total. The molecule has 0 unspecified atom stereocenters. The second-order valence-electron chi connectivity index (χ2n) is 4.83. The molecule has 3 rings (SSSR count). The van der Waals surface area contributed by atoms with E-state index in [9.17, 15) is 0 Å². The van der Waals surface area contributed by atoms with E-state index in [1.54, 1.807) is 0 Å². The van der Waals surface area contributed by atoms with Gasteiger partial charge in [-0.1, -0.05) is 24.3 Å². The van der Waals surface area contributed by atoms with Crippen molar-refractivity contribution in [2.75, 3.05) is 32.7 Å². The van der Waals surface area contributed by atoms with Gasteiger partial charge in [0.25, 0.3) is 0 Å². The molecule has 1 aromatic heterocycles. The molecule has 2 aromatic rings. The molecule has 3 heteroatoms. The zero-order valence-electron chi connectivity index (χ0n) is 10.6. The molecule has 0 spiro atoms. The lowest BCUT2D eigenvalue weighted by molar-refractivity contribution is 0.244. The Morgan fingerprint density at radius 3 is 2.83 bits per heavy atom. The standard InChI is InChI=1S/C15H19N3/c1-3-13-5-2-7-17-15(13)14(4-1)6-10-18-11-8-16-9-12-18/h1-5,7,16H,6,8-12H2. The summed E-state index contributed by atoms with van der Waals surface area (Å²) in [5, 5.41) is 4.63. The van der Waals surface area contributed by atoms with Gasteiger partial charge < -0.3 is 10.2 Å². The normalized spacial score (nSPS) is 17.1. The highest BCUT2D eigenvalue weighted by Crippen LogP contribution is 2.16. The summed E-state index contributed by atoms with van der Waals surface area (Å²) in [6, 6.07) is 10.6. The van der Waals surface area contributed by atoms with E-state index in [0.29, 0.717) is 0 Å². The van der Waals surface area contributed by atoms with E-state index in [0.717, 1.165) is 44.7 Å². The van der Waals surface area contributed by atoms with Crippen LogP contribution in [0.4, 0.5) is 0 Å². The Hall–Kier alpha value is -1.45. The molecule has 1 saturated heterocycles. The Morgan fingerprint density at radius 2 is 1.94 bits per heavy atom. The van der Waals surface area contributed by atoms with Crippen LogP contribution >= 0.6 is 0 Å². The first-order chi connectivity index (χ1) is 8.93. The zero-order valence-corrected chi connectivity index (χ0v) is 10.6. The van der Waals surface area contributed by atoms with Gasteiger partial charge in [0.15, 0.2) is 0 Å². The van der Waals surface area contributed by atoms with Gasteiger partial charge in [-0.15, -0.1) is 0 Å². The third-order valence-corrected chi connectivity index (χ3v) is 3.62. The van der Waals surface area contributed by atoms with Gasteiger partial charge in [0.1, 0.15) is 0 Å². The Labute approximate surface area is 108 Å². The monoisotopic (exact) mass is 241 g/mol. The summed E-state index contributed by atoms with van der Waals surface area (Å²) < 4.78 is 0. The van der Waals surface area contributed by atoms with Gasteiger partial charge in [-0.3, -0.25) is 4.98 Å². The smallest absolute Gasteiger partial charge is 0.0734 e. The van der Waals surface area contributed by atoms with Crippen molar-refractivity contribution in [3.63, 3.8) is 0 Å². The van der Waals surface area contributed by atoms with Gasteiger partial charge in [-0.2, -0.15) is 0 Å². The SMILES string of the molecule is c1cnc2c(CCN3CCNCC3)cccc2c1. The Kier molecular flexibility index (Phi) is 3.53. The molecule has 18 heavy (non-hydrogen) atoms. The molecule has 1 aliphatic heterocycles. The van der Waals surface area contributed by atoms with Crippen molar-refractivity contribution in [1.82, 2.24) is 15.2 Å². The molecule has 0 amide bonds. The Morgan fingerprint density at radius 1 is 1.11 bits per heavy atom. The molecule has 1 fully saturated rings. The van der Waals surface area contributed by atoms with Crippen molar-refractivity contribution >= 4 is 10.9 Å². The van der Waals surface area contributed by atoms with Crippen LogP contribution in [0.5, 0.6) is 0 Å². The van der Waals surface area contributed by atoms with Crippen LogP contribution in [-0.2, 0) is 6.42 Å². The molecule has 3 nitrogen and oxygen atoms in total. The second kappa shape index (κ2) is 5.46. The van der Waals surface area contributed by atoms with Gasteiger partial charge in [0, 0.05) is 44.3 Å². The average Bonchev–Trinajstić information content (AvgIpc) is 2.46. The third kappa shape index (κ3) is 2.52. The molecule has 0 saturated carbocycles. The van der Waals surface area contributed by atoms with Gasteiger partial charge in [-0.05, 0) is 18.1 Å².